The summed E-state index contributed by atoms with van der Waals surface area (Å²) in [5.74, 6) is -2.07. The van der Waals surface area contributed by atoms with Gasteiger partial charge in [0.05, 0.1) is 5.57 Å². The molecule has 3 rings (SSSR count). The largest absolute Gasteiger partial charge is 0.478 e. The first-order chi connectivity index (χ1) is 10.9. The van der Waals surface area contributed by atoms with Gasteiger partial charge in [-0.3, -0.25) is 9.59 Å². The van der Waals surface area contributed by atoms with Gasteiger partial charge in [-0.25, -0.2) is 4.79 Å². The number of aliphatic carboxylic acids is 1. The van der Waals surface area contributed by atoms with Gasteiger partial charge in [-0.2, -0.15) is 0 Å². The number of amides is 2. The van der Waals surface area contributed by atoms with E-state index in [0.29, 0.717) is 4.88 Å². The number of aliphatic hydroxyl groups is 1. The Morgan fingerprint density at radius 3 is 2.78 bits per heavy atom. The quantitative estimate of drug-likeness (QED) is 0.681. The van der Waals surface area contributed by atoms with Crippen LogP contribution in [0.15, 0.2) is 29.3 Å². The highest BCUT2D eigenvalue weighted by Gasteiger charge is 2.51. The number of aliphatic hydroxyl groups excluding tert-OH is 1. The number of fused-ring (bicyclic) bond motifs is 1. The highest BCUT2D eigenvalue weighted by Crippen LogP contribution is 2.40. The second kappa shape index (κ2) is 5.99. The Morgan fingerprint density at radius 1 is 1.43 bits per heavy atom. The van der Waals surface area contributed by atoms with E-state index in [4.69, 9.17) is 5.11 Å². The third-order valence-corrected chi connectivity index (χ3v) is 6.11. The minimum absolute atomic E-state index is 0.156. The van der Waals surface area contributed by atoms with Crippen molar-refractivity contribution in [2.75, 3.05) is 0 Å². The van der Waals surface area contributed by atoms with Gasteiger partial charge in [-0.1, -0.05) is 6.07 Å². The highest BCUT2D eigenvalue weighted by molar-refractivity contribution is 8.00. The SMILES string of the molecule is CC1S[C@@H]2C(NC(=O)C(O)c3cccs3)C(=O)N2C=C1C(=O)O. The van der Waals surface area contributed by atoms with Crippen LogP contribution in [0, 0.1) is 0 Å². The molecule has 3 heterocycles. The van der Waals surface area contributed by atoms with Gasteiger partial charge >= 0.3 is 5.97 Å². The Hall–Kier alpha value is -1.84. The zero-order valence-electron chi connectivity index (χ0n) is 12.0. The number of carbonyl (C=O) groups excluding carboxylic acids is 2. The van der Waals surface area contributed by atoms with Crippen LogP contribution in [0.2, 0.25) is 0 Å². The minimum Gasteiger partial charge on any atom is -0.478 e. The molecule has 0 aliphatic carbocycles. The molecule has 2 amide bonds. The van der Waals surface area contributed by atoms with E-state index >= 15 is 0 Å². The van der Waals surface area contributed by atoms with Gasteiger partial charge in [0, 0.05) is 16.3 Å². The first-order valence-corrected chi connectivity index (χ1v) is 8.67. The topological polar surface area (TPSA) is 107 Å². The van der Waals surface area contributed by atoms with Crippen LogP contribution >= 0.6 is 23.1 Å². The molecule has 3 N–H and O–H groups in total. The average molecular weight is 354 g/mol. The van der Waals surface area contributed by atoms with Crippen LogP contribution in [-0.4, -0.2) is 49.6 Å². The summed E-state index contributed by atoms with van der Waals surface area (Å²) in [4.78, 5) is 37.1. The van der Waals surface area contributed by atoms with Crippen molar-refractivity contribution in [1.29, 1.82) is 0 Å². The maximum absolute atomic E-state index is 12.1. The number of carbonyl (C=O) groups is 3. The number of hydrogen-bond donors (Lipinski definition) is 3. The lowest BCUT2D eigenvalue weighted by Crippen LogP contribution is -2.69. The van der Waals surface area contributed by atoms with Crippen LogP contribution in [0.3, 0.4) is 0 Å². The summed E-state index contributed by atoms with van der Waals surface area (Å²) < 4.78 is 0. The molecule has 2 aliphatic heterocycles. The molecule has 4 atom stereocenters. The number of nitrogens with zero attached hydrogens (tertiary/aromatic N) is 1. The molecule has 2 aliphatic rings. The standard InChI is InChI=1S/C14H14N2O5S2/c1-6-7(14(20)21)5-16-12(19)9(13(16)23-6)15-11(18)10(17)8-3-2-4-22-8/h2-6,9-10,13,17H,1H3,(H,15,18)(H,20,21)/t6?,9?,10?,13-/m1/s1. The van der Waals surface area contributed by atoms with E-state index in [1.807, 2.05) is 0 Å². The van der Waals surface area contributed by atoms with Gasteiger partial charge in [0.1, 0.15) is 11.4 Å². The summed E-state index contributed by atoms with van der Waals surface area (Å²) in [5, 5.41) is 22.7. The van der Waals surface area contributed by atoms with E-state index in [0.717, 1.165) is 0 Å². The molecule has 122 valence electrons. The van der Waals surface area contributed by atoms with Crippen molar-refractivity contribution in [1.82, 2.24) is 10.2 Å². The van der Waals surface area contributed by atoms with Gasteiger partial charge in [0.15, 0.2) is 6.10 Å². The molecule has 9 heteroatoms. The fourth-order valence-electron chi connectivity index (χ4n) is 2.48. The monoisotopic (exact) mass is 354 g/mol. The molecule has 3 unspecified atom stereocenters. The van der Waals surface area contributed by atoms with Crippen molar-refractivity contribution in [2.24, 2.45) is 0 Å². The summed E-state index contributed by atoms with van der Waals surface area (Å²) in [6, 6.07) is 2.61. The Morgan fingerprint density at radius 2 is 2.17 bits per heavy atom. The molecule has 0 radical (unpaired) electrons. The molecule has 1 saturated heterocycles. The smallest absolute Gasteiger partial charge is 0.334 e. The number of rotatable bonds is 4. The zero-order chi connectivity index (χ0) is 16.7. The van der Waals surface area contributed by atoms with E-state index in [2.05, 4.69) is 5.32 Å². The number of thioether (sulfide) groups is 1. The number of hydrogen-bond acceptors (Lipinski definition) is 6. The second-order valence-electron chi connectivity index (χ2n) is 5.21. The van der Waals surface area contributed by atoms with Crippen LogP contribution < -0.4 is 5.32 Å². The maximum Gasteiger partial charge on any atom is 0.334 e. The molecule has 0 saturated carbocycles. The van der Waals surface area contributed by atoms with Crippen LogP contribution in [0.1, 0.15) is 17.9 Å². The van der Waals surface area contributed by atoms with Gasteiger partial charge in [0.25, 0.3) is 11.8 Å². The Balaban J connectivity index is 1.69. The minimum atomic E-state index is -1.31. The summed E-state index contributed by atoms with van der Waals surface area (Å²) in [5.41, 5.74) is 0.156. The van der Waals surface area contributed by atoms with Crippen molar-refractivity contribution in [3.63, 3.8) is 0 Å². The van der Waals surface area contributed by atoms with Gasteiger partial charge < -0.3 is 20.4 Å². The molecular formula is C14H14N2O5S2. The molecule has 1 fully saturated rings. The lowest BCUT2D eigenvalue weighted by Gasteiger charge is -2.48. The summed E-state index contributed by atoms with van der Waals surface area (Å²) in [6.45, 7) is 1.74. The number of thiophene rings is 1. The molecule has 1 aromatic rings. The molecule has 1 aromatic heterocycles. The molecule has 7 nitrogen and oxygen atoms in total. The zero-order valence-corrected chi connectivity index (χ0v) is 13.6. The molecule has 0 bridgehead atoms. The highest BCUT2D eigenvalue weighted by atomic mass is 32.2. The second-order valence-corrected chi connectivity index (χ2v) is 7.65. The van der Waals surface area contributed by atoms with Crippen molar-refractivity contribution in [3.8, 4) is 0 Å². The molecule has 23 heavy (non-hydrogen) atoms. The van der Waals surface area contributed by atoms with Crippen molar-refractivity contribution in [3.05, 3.63) is 34.2 Å². The Bertz CT molecular complexity index is 687. The van der Waals surface area contributed by atoms with E-state index in [9.17, 15) is 19.5 Å². The van der Waals surface area contributed by atoms with Crippen molar-refractivity contribution >= 4 is 40.9 Å². The predicted molar refractivity (Wildman–Crippen MR) is 84.6 cm³/mol. The fraction of sp³-hybridized carbons (Fsp3) is 0.357. The predicted octanol–water partition coefficient (Wildman–Crippen LogP) is 0.538. The Kier molecular flexibility index (Phi) is 4.17. The normalized spacial score (nSPS) is 27.6. The lowest BCUT2D eigenvalue weighted by molar-refractivity contribution is -0.147. The first-order valence-electron chi connectivity index (χ1n) is 6.84. The molecular weight excluding hydrogens is 340 g/mol. The van der Waals surface area contributed by atoms with Gasteiger partial charge in [-0.15, -0.1) is 23.1 Å². The van der Waals surface area contributed by atoms with Gasteiger partial charge in [0.2, 0.25) is 0 Å². The van der Waals surface area contributed by atoms with Crippen LogP contribution in [-0.2, 0) is 14.4 Å². The molecule has 0 spiro atoms. The van der Waals surface area contributed by atoms with Crippen molar-refractivity contribution in [2.45, 2.75) is 29.7 Å². The third-order valence-electron chi connectivity index (χ3n) is 3.75. The third kappa shape index (κ3) is 2.75. The fourth-order valence-corrected chi connectivity index (χ4v) is 4.55. The molecule has 0 aromatic carbocycles. The average Bonchev–Trinajstić information content (AvgIpc) is 3.05. The Labute approximate surface area is 140 Å². The lowest BCUT2D eigenvalue weighted by atomic mass is 10.1. The maximum atomic E-state index is 12.1. The summed E-state index contributed by atoms with van der Waals surface area (Å²) in [6.07, 6.45) is 0.0162. The van der Waals surface area contributed by atoms with E-state index < -0.39 is 24.0 Å². The van der Waals surface area contributed by atoms with Crippen LogP contribution in [0.5, 0.6) is 0 Å². The van der Waals surface area contributed by atoms with E-state index in [1.165, 1.54) is 34.2 Å². The number of carboxylic acid groups (broad SMARTS) is 1. The van der Waals surface area contributed by atoms with Crippen LogP contribution in [0.4, 0.5) is 0 Å². The number of β-lactam (4-membered cyclic amide) rings is 1. The summed E-state index contributed by atoms with van der Waals surface area (Å²) >= 11 is 2.55. The van der Waals surface area contributed by atoms with Gasteiger partial charge in [-0.05, 0) is 18.4 Å². The number of carboxylic acids is 1. The van der Waals surface area contributed by atoms with Crippen molar-refractivity contribution < 1.29 is 24.6 Å². The summed E-state index contributed by atoms with van der Waals surface area (Å²) in [7, 11) is 0. The van der Waals surface area contributed by atoms with E-state index in [-0.39, 0.29) is 22.1 Å². The number of nitrogens with one attached hydrogen (secondary N) is 1. The van der Waals surface area contributed by atoms with Crippen LogP contribution in [0.25, 0.3) is 0 Å². The first kappa shape index (κ1) is 16.0. The van der Waals surface area contributed by atoms with E-state index in [1.54, 1.807) is 24.4 Å².